The van der Waals surface area contributed by atoms with Gasteiger partial charge in [-0.2, -0.15) is 0 Å². The lowest BCUT2D eigenvalue weighted by Gasteiger charge is -1.96. The van der Waals surface area contributed by atoms with E-state index in [-0.39, 0.29) is 0 Å². The summed E-state index contributed by atoms with van der Waals surface area (Å²) in [5.74, 6) is 2.28. The number of hydrogen-bond donors (Lipinski definition) is 0. The van der Waals surface area contributed by atoms with Crippen LogP contribution in [-0.4, -0.2) is 18.3 Å². The van der Waals surface area contributed by atoms with Crippen molar-refractivity contribution in [3.05, 3.63) is 17.5 Å². The summed E-state index contributed by atoms with van der Waals surface area (Å²) in [4.78, 5) is 14.2. The molecule has 0 atom stereocenters. The van der Waals surface area contributed by atoms with Gasteiger partial charge in [-0.1, -0.05) is 0 Å². The zero-order chi connectivity index (χ0) is 8.27. The van der Waals surface area contributed by atoms with Gasteiger partial charge in [-0.05, 0) is 13.8 Å². The number of hydrogen-bond acceptors (Lipinski definition) is 3. The van der Waals surface area contributed by atoms with Crippen molar-refractivity contribution in [2.24, 2.45) is 4.99 Å². The molecule has 1 heterocycles. The third-order valence-corrected chi connectivity index (χ3v) is 1.34. The fourth-order valence-corrected chi connectivity index (χ4v) is 0.811. The molecule has 1 aliphatic heterocycles. The molecule has 3 heteroatoms. The zero-order valence-corrected chi connectivity index (χ0v) is 6.55. The predicted octanol–water partition coefficient (Wildman–Crippen LogP) is 1.10. The van der Waals surface area contributed by atoms with Crippen LogP contribution in [-0.2, 0) is 9.53 Å². The molecule has 0 bridgehead atoms. The van der Waals surface area contributed by atoms with Gasteiger partial charge < -0.3 is 4.74 Å². The van der Waals surface area contributed by atoms with Crippen LogP contribution in [0.1, 0.15) is 13.8 Å². The van der Waals surface area contributed by atoms with Gasteiger partial charge in [-0.25, -0.2) is 9.79 Å². The second-order valence-electron chi connectivity index (χ2n) is 2.13. The molecule has 58 valence electrons. The van der Waals surface area contributed by atoms with Crippen LogP contribution >= 0.6 is 0 Å². The summed E-state index contributed by atoms with van der Waals surface area (Å²) in [5.41, 5.74) is 1.15. The van der Waals surface area contributed by atoms with Crippen LogP contribution in [0.25, 0.3) is 0 Å². The molecule has 0 amide bonds. The first-order valence-corrected chi connectivity index (χ1v) is 3.43. The van der Waals surface area contributed by atoms with E-state index in [0.29, 0.717) is 23.8 Å². The summed E-state index contributed by atoms with van der Waals surface area (Å²) >= 11 is 0. The smallest absolute Gasteiger partial charge is 0.214 e. The Morgan fingerprint density at radius 1 is 1.73 bits per heavy atom. The van der Waals surface area contributed by atoms with Gasteiger partial charge in [0.05, 0.1) is 17.9 Å². The fraction of sp³-hybridized carbons (Fsp3) is 0.375. The van der Waals surface area contributed by atoms with Crippen molar-refractivity contribution in [1.29, 1.82) is 0 Å². The third kappa shape index (κ3) is 1.57. The van der Waals surface area contributed by atoms with Crippen molar-refractivity contribution in [3.63, 3.8) is 0 Å². The molecule has 0 spiro atoms. The Bertz CT molecular complexity index is 270. The largest absolute Gasteiger partial charge is 0.478 e. The van der Waals surface area contributed by atoms with E-state index in [0.717, 1.165) is 0 Å². The number of ether oxygens (including phenoxy) is 1. The minimum absolute atomic E-state index is 0.480. The first-order valence-electron chi connectivity index (χ1n) is 3.43. The van der Waals surface area contributed by atoms with Crippen LogP contribution in [0.4, 0.5) is 0 Å². The van der Waals surface area contributed by atoms with Gasteiger partial charge in [0.2, 0.25) is 5.88 Å². The lowest BCUT2D eigenvalue weighted by Crippen LogP contribution is -1.88. The monoisotopic (exact) mass is 151 g/mol. The minimum Gasteiger partial charge on any atom is -0.478 e. The van der Waals surface area contributed by atoms with Gasteiger partial charge in [0, 0.05) is 6.08 Å². The number of nitrogens with zero attached hydrogens (tertiary/aromatic N) is 1. The summed E-state index contributed by atoms with van der Waals surface area (Å²) in [7, 11) is 0. The van der Waals surface area contributed by atoms with E-state index < -0.39 is 0 Å². The molecule has 1 rings (SSSR count). The molecule has 11 heavy (non-hydrogen) atoms. The van der Waals surface area contributed by atoms with Crippen LogP contribution in [0.15, 0.2) is 22.5 Å². The molecule has 1 aliphatic rings. The molecule has 0 aromatic carbocycles. The van der Waals surface area contributed by atoms with Crippen molar-refractivity contribution in [1.82, 2.24) is 0 Å². The average molecular weight is 151 g/mol. The first kappa shape index (κ1) is 7.76. The van der Waals surface area contributed by atoms with Gasteiger partial charge in [0.25, 0.3) is 0 Å². The topological polar surface area (TPSA) is 38.7 Å². The van der Waals surface area contributed by atoms with Gasteiger partial charge >= 0.3 is 0 Å². The molecule has 3 nitrogen and oxygen atoms in total. The maximum atomic E-state index is 10.2. The molecular weight excluding hydrogens is 142 g/mol. The molecule has 0 saturated heterocycles. The van der Waals surface area contributed by atoms with E-state index in [1.54, 1.807) is 18.9 Å². The Morgan fingerprint density at radius 3 is 2.91 bits per heavy atom. The van der Waals surface area contributed by atoms with Crippen molar-refractivity contribution in [2.75, 3.05) is 6.61 Å². The van der Waals surface area contributed by atoms with Crippen LogP contribution < -0.4 is 0 Å². The van der Waals surface area contributed by atoms with Crippen molar-refractivity contribution >= 4 is 11.7 Å². The van der Waals surface area contributed by atoms with E-state index in [9.17, 15) is 4.79 Å². The van der Waals surface area contributed by atoms with E-state index in [1.807, 2.05) is 6.92 Å². The summed E-state index contributed by atoms with van der Waals surface area (Å²) < 4.78 is 5.08. The maximum absolute atomic E-state index is 10.2. The second kappa shape index (κ2) is 3.17. The Hall–Kier alpha value is -1.34. The molecular formula is C8H9NO2. The molecule has 0 radical (unpaired) electrons. The van der Waals surface area contributed by atoms with Crippen LogP contribution in [0.3, 0.4) is 0 Å². The summed E-state index contributed by atoms with van der Waals surface area (Å²) in [6.45, 7) is 4.19. The highest BCUT2D eigenvalue weighted by atomic mass is 16.5. The Balaban J connectivity index is 2.82. The van der Waals surface area contributed by atoms with Gasteiger partial charge in [-0.15, -0.1) is 0 Å². The Morgan fingerprint density at radius 2 is 2.45 bits per heavy atom. The lowest BCUT2D eigenvalue weighted by molar-refractivity contribution is 0.228. The molecule has 0 aromatic rings. The predicted molar refractivity (Wildman–Crippen MR) is 42.0 cm³/mol. The van der Waals surface area contributed by atoms with Crippen LogP contribution in [0.5, 0.6) is 0 Å². The van der Waals surface area contributed by atoms with E-state index >= 15 is 0 Å². The lowest BCUT2D eigenvalue weighted by atomic mass is 10.2. The Labute approximate surface area is 65.1 Å². The summed E-state index contributed by atoms with van der Waals surface area (Å²) in [6, 6.07) is 0. The highest BCUT2D eigenvalue weighted by molar-refractivity contribution is 6.09. The maximum Gasteiger partial charge on any atom is 0.214 e. The highest BCUT2D eigenvalue weighted by Crippen LogP contribution is 2.14. The summed E-state index contributed by atoms with van der Waals surface area (Å²) in [6.07, 6.45) is 1.59. The van der Waals surface area contributed by atoms with Gasteiger partial charge in [0.15, 0.2) is 0 Å². The van der Waals surface area contributed by atoms with E-state index in [1.165, 1.54) is 0 Å². The second-order valence-corrected chi connectivity index (χ2v) is 2.13. The molecule has 0 unspecified atom stereocenters. The van der Waals surface area contributed by atoms with Crippen LogP contribution in [0.2, 0.25) is 0 Å². The number of allylic oxidation sites excluding steroid dienone is 2. The first-order chi connectivity index (χ1) is 5.27. The van der Waals surface area contributed by atoms with Crippen molar-refractivity contribution in [3.8, 4) is 0 Å². The SMILES string of the molecule is CCOC1=CC(=C=O)C(C)=N1. The zero-order valence-electron chi connectivity index (χ0n) is 6.55. The minimum atomic E-state index is 0.480. The highest BCUT2D eigenvalue weighted by Gasteiger charge is 2.11. The molecule has 0 aromatic heterocycles. The normalized spacial score (nSPS) is 15.6. The number of rotatable bonds is 2. The third-order valence-electron chi connectivity index (χ3n) is 1.34. The molecule has 0 N–H and O–H groups in total. The summed E-state index contributed by atoms with van der Waals surface area (Å²) in [5, 5.41) is 0. The van der Waals surface area contributed by atoms with Crippen LogP contribution in [0, 0.1) is 0 Å². The number of carbonyl (C=O) groups excluding carboxylic acids is 1. The quantitative estimate of drug-likeness (QED) is 0.554. The van der Waals surface area contributed by atoms with E-state index in [4.69, 9.17) is 4.74 Å². The fourth-order valence-electron chi connectivity index (χ4n) is 0.811. The average Bonchev–Trinajstić information content (AvgIpc) is 2.32. The molecule has 0 aliphatic carbocycles. The van der Waals surface area contributed by atoms with Crippen molar-refractivity contribution in [2.45, 2.75) is 13.8 Å². The van der Waals surface area contributed by atoms with E-state index in [2.05, 4.69) is 4.99 Å². The van der Waals surface area contributed by atoms with Crippen molar-refractivity contribution < 1.29 is 9.53 Å². The Kier molecular flexibility index (Phi) is 2.24. The van der Waals surface area contributed by atoms with Gasteiger partial charge in [-0.3, -0.25) is 0 Å². The van der Waals surface area contributed by atoms with Gasteiger partial charge in [0.1, 0.15) is 5.94 Å². The number of aliphatic imine (C=N–C) groups is 1. The molecule has 0 saturated carbocycles. The standard InChI is InChI=1S/C8H9NO2/c1-3-11-8-4-7(5-10)6(2)9-8/h4H,3H2,1-2H3. The molecule has 0 fully saturated rings.